The quantitative estimate of drug-likeness (QED) is 0.843. The van der Waals surface area contributed by atoms with Crippen LogP contribution in [0.2, 0.25) is 0 Å². The van der Waals surface area contributed by atoms with Gasteiger partial charge in [-0.3, -0.25) is 9.78 Å². The number of rotatable bonds is 4. The summed E-state index contributed by atoms with van der Waals surface area (Å²) in [5.74, 6) is 1.52. The van der Waals surface area contributed by atoms with E-state index >= 15 is 0 Å². The third-order valence-corrected chi connectivity index (χ3v) is 6.80. The number of alkyl halides is 3. The zero-order valence-electron chi connectivity index (χ0n) is 15.8. The van der Waals surface area contributed by atoms with Crippen LogP contribution in [0.25, 0.3) is 5.82 Å². The molecule has 0 aromatic carbocycles. The number of amides is 1. The van der Waals surface area contributed by atoms with Crippen LogP contribution in [0.3, 0.4) is 0 Å². The first kappa shape index (κ1) is 18.6. The third-order valence-electron chi connectivity index (χ3n) is 6.80. The second-order valence-corrected chi connectivity index (χ2v) is 9.00. The molecule has 0 saturated heterocycles. The maximum Gasteiger partial charge on any atom is 0.435 e. The van der Waals surface area contributed by atoms with Gasteiger partial charge in [-0.2, -0.15) is 18.3 Å². The normalized spacial score (nSPS) is 30.5. The van der Waals surface area contributed by atoms with Gasteiger partial charge in [0.25, 0.3) is 5.91 Å². The lowest BCUT2D eigenvalue weighted by atomic mass is 9.49. The van der Waals surface area contributed by atoms with Crippen LogP contribution in [0.15, 0.2) is 24.8 Å². The van der Waals surface area contributed by atoms with E-state index in [0.29, 0.717) is 24.3 Å². The van der Waals surface area contributed by atoms with Crippen LogP contribution in [0, 0.1) is 23.2 Å². The molecular weight excluding hydrogens is 383 g/mol. The molecule has 0 radical (unpaired) electrons. The van der Waals surface area contributed by atoms with Crippen molar-refractivity contribution in [2.24, 2.45) is 23.2 Å². The predicted molar refractivity (Wildman–Crippen MR) is 97.1 cm³/mol. The summed E-state index contributed by atoms with van der Waals surface area (Å²) in [4.78, 5) is 20.6. The number of nitrogens with one attached hydrogen (secondary N) is 1. The average Bonchev–Trinajstić information content (AvgIpc) is 3.12. The van der Waals surface area contributed by atoms with Crippen LogP contribution in [-0.4, -0.2) is 32.2 Å². The molecule has 2 heterocycles. The summed E-state index contributed by atoms with van der Waals surface area (Å²) in [5.41, 5.74) is -1.64. The van der Waals surface area contributed by atoms with E-state index in [4.69, 9.17) is 0 Å². The Kier molecular flexibility index (Phi) is 4.18. The van der Waals surface area contributed by atoms with Crippen molar-refractivity contribution in [2.45, 2.75) is 44.7 Å². The summed E-state index contributed by atoms with van der Waals surface area (Å²) in [6.45, 7) is 0.433. The Bertz CT molecular complexity index is 889. The molecule has 1 amide bonds. The first-order valence-electron chi connectivity index (χ1n) is 10.0. The Labute approximate surface area is 165 Å². The van der Waals surface area contributed by atoms with Gasteiger partial charge in [0, 0.05) is 25.1 Å². The number of halogens is 3. The lowest BCUT2D eigenvalue weighted by Crippen LogP contribution is -2.51. The molecule has 9 heteroatoms. The Hall–Kier alpha value is -2.45. The minimum Gasteiger partial charge on any atom is -0.351 e. The SMILES string of the molecule is O=C(NCC12CC3CC(CC(C3)C1)C2)c1cn(-c2cnccn2)nc1C(F)(F)F. The van der Waals surface area contributed by atoms with Gasteiger partial charge in [-0.1, -0.05) is 0 Å². The number of nitrogens with zero attached hydrogens (tertiary/aromatic N) is 4. The molecule has 4 aliphatic rings. The van der Waals surface area contributed by atoms with Crippen LogP contribution in [-0.2, 0) is 6.18 Å². The van der Waals surface area contributed by atoms with E-state index in [-0.39, 0.29) is 11.2 Å². The topological polar surface area (TPSA) is 72.7 Å². The van der Waals surface area contributed by atoms with Gasteiger partial charge < -0.3 is 5.32 Å². The summed E-state index contributed by atoms with van der Waals surface area (Å²) in [6, 6.07) is 0. The van der Waals surface area contributed by atoms with Gasteiger partial charge in [0.2, 0.25) is 0 Å². The molecule has 1 N–H and O–H groups in total. The first-order chi connectivity index (χ1) is 13.8. The Morgan fingerprint density at radius 3 is 2.34 bits per heavy atom. The van der Waals surface area contributed by atoms with Crippen molar-refractivity contribution in [3.8, 4) is 5.82 Å². The summed E-state index contributed by atoms with van der Waals surface area (Å²) in [6.07, 6.45) is 7.46. The molecule has 29 heavy (non-hydrogen) atoms. The molecule has 0 spiro atoms. The second kappa shape index (κ2) is 6.53. The summed E-state index contributed by atoms with van der Waals surface area (Å²) in [7, 11) is 0. The molecule has 2 aromatic heterocycles. The number of aromatic nitrogens is 4. The van der Waals surface area contributed by atoms with Gasteiger partial charge in [-0.05, 0) is 61.7 Å². The van der Waals surface area contributed by atoms with Gasteiger partial charge in [0.15, 0.2) is 11.5 Å². The average molecular weight is 405 g/mol. The number of hydrogen-bond donors (Lipinski definition) is 1. The van der Waals surface area contributed by atoms with Gasteiger partial charge in [0.1, 0.15) is 0 Å². The largest absolute Gasteiger partial charge is 0.435 e. The van der Waals surface area contributed by atoms with Crippen LogP contribution in [0.1, 0.15) is 54.6 Å². The minimum atomic E-state index is -4.74. The highest BCUT2D eigenvalue weighted by Gasteiger charge is 2.51. The fourth-order valence-electron chi connectivity index (χ4n) is 6.15. The van der Waals surface area contributed by atoms with Gasteiger partial charge in [-0.15, -0.1) is 0 Å². The molecule has 4 aliphatic carbocycles. The van der Waals surface area contributed by atoms with E-state index in [0.717, 1.165) is 30.1 Å². The molecule has 0 atom stereocenters. The van der Waals surface area contributed by atoms with Crippen molar-refractivity contribution in [3.05, 3.63) is 36.0 Å². The van der Waals surface area contributed by atoms with Gasteiger partial charge in [-0.25, -0.2) is 9.67 Å². The summed E-state index contributed by atoms with van der Waals surface area (Å²) in [5, 5.41) is 6.38. The van der Waals surface area contributed by atoms with Crippen molar-refractivity contribution in [1.29, 1.82) is 0 Å². The third kappa shape index (κ3) is 3.40. The highest BCUT2D eigenvalue weighted by atomic mass is 19.4. The molecule has 0 unspecified atom stereocenters. The molecule has 4 bridgehead atoms. The highest BCUT2D eigenvalue weighted by Crippen LogP contribution is 2.59. The van der Waals surface area contributed by atoms with E-state index in [1.807, 2.05) is 0 Å². The van der Waals surface area contributed by atoms with E-state index in [2.05, 4.69) is 20.4 Å². The fourth-order valence-corrected chi connectivity index (χ4v) is 6.15. The molecule has 6 nitrogen and oxygen atoms in total. The molecule has 4 fully saturated rings. The minimum absolute atomic E-state index is 0.0453. The summed E-state index contributed by atoms with van der Waals surface area (Å²) >= 11 is 0. The lowest BCUT2D eigenvalue weighted by molar-refractivity contribution is -0.141. The van der Waals surface area contributed by atoms with Crippen LogP contribution < -0.4 is 5.32 Å². The molecular formula is C20H22F3N5O. The number of hydrogen-bond acceptors (Lipinski definition) is 4. The zero-order valence-corrected chi connectivity index (χ0v) is 15.8. The van der Waals surface area contributed by atoms with E-state index in [1.54, 1.807) is 0 Å². The van der Waals surface area contributed by atoms with E-state index in [9.17, 15) is 18.0 Å². The van der Waals surface area contributed by atoms with Crippen LogP contribution >= 0.6 is 0 Å². The van der Waals surface area contributed by atoms with Gasteiger partial charge in [0.05, 0.1) is 11.8 Å². The van der Waals surface area contributed by atoms with Crippen LogP contribution in [0.5, 0.6) is 0 Å². The fraction of sp³-hybridized carbons (Fsp3) is 0.600. The molecule has 6 rings (SSSR count). The Morgan fingerprint density at radius 2 is 1.79 bits per heavy atom. The molecule has 154 valence electrons. The maximum absolute atomic E-state index is 13.5. The van der Waals surface area contributed by atoms with Crippen molar-refractivity contribution < 1.29 is 18.0 Å². The van der Waals surface area contributed by atoms with Crippen molar-refractivity contribution in [1.82, 2.24) is 25.1 Å². The molecule has 4 saturated carbocycles. The smallest absolute Gasteiger partial charge is 0.351 e. The van der Waals surface area contributed by atoms with E-state index in [1.165, 1.54) is 37.9 Å². The van der Waals surface area contributed by atoms with Crippen molar-refractivity contribution >= 4 is 5.91 Å². The number of carbonyl (C=O) groups excluding carboxylic acids is 1. The number of carbonyl (C=O) groups is 1. The predicted octanol–water partition coefficient (Wildman–Crippen LogP) is 3.63. The van der Waals surface area contributed by atoms with Crippen LogP contribution in [0.4, 0.5) is 13.2 Å². The maximum atomic E-state index is 13.5. The first-order valence-corrected chi connectivity index (χ1v) is 10.0. The monoisotopic (exact) mass is 405 g/mol. The second-order valence-electron chi connectivity index (χ2n) is 9.00. The Balaban J connectivity index is 1.37. The van der Waals surface area contributed by atoms with Crippen molar-refractivity contribution in [2.75, 3.05) is 6.54 Å². The molecule has 0 aliphatic heterocycles. The van der Waals surface area contributed by atoms with Crippen molar-refractivity contribution in [3.63, 3.8) is 0 Å². The zero-order chi connectivity index (χ0) is 20.2. The molecule has 2 aromatic rings. The standard InChI is InChI=1S/C20H22F3N5O/c21-20(22,23)17-15(10-28(27-17)16-9-24-1-2-25-16)18(29)26-11-19-6-12-3-13(7-19)5-14(4-12)8-19/h1-2,9-10,12-14H,3-8,11H2,(H,26,29). The lowest BCUT2D eigenvalue weighted by Gasteiger charge is -2.56. The summed E-state index contributed by atoms with van der Waals surface area (Å²) < 4.78 is 41.5. The Morgan fingerprint density at radius 1 is 1.14 bits per heavy atom. The highest BCUT2D eigenvalue weighted by molar-refractivity contribution is 5.95. The van der Waals surface area contributed by atoms with Gasteiger partial charge >= 0.3 is 6.18 Å². The van der Waals surface area contributed by atoms with E-state index < -0.39 is 23.3 Å².